The number of benzene rings is 1. The van der Waals surface area contributed by atoms with Gasteiger partial charge in [0, 0.05) is 19.1 Å². The average Bonchev–Trinajstić information content (AvgIpc) is 2.45. The number of methoxy groups -OCH3 is 1. The van der Waals surface area contributed by atoms with Crippen LogP contribution in [0, 0.1) is 23.3 Å². The normalized spacial score (nSPS) is 11.8. The van der Waals surface area contributed by atoms with Crippen molar-refractivity contribution in [1.82, 2.24) is 0 Å². The van der Waals surface area contributed by atoms with Gasteiger partial charge in [0.25, 0.3) is 0 Å². The largest absolute Gasteiger partial charge is 0.487 e. The predicted octanol–water partition coefficient (Wildman–Crippen LogP) is 4.20. The van der Waals surface area contributed by atoms with Crippen molar-refractivity contribution in [3.05, 3.63) is 28.8 Å². The van der Waals surface area contributed by atoms with Gasteiger partial charge in [-0.05, 0) is 12.8 Å². The first-order valence-corrected chi connectivity index (χ1v) is 6.15. The number of alkyl halides is 2. The summed E-state index contributed by atoms with van der Waals surface area (Å²) in [6.45, 7) is 1.48. The molecule has 21 heavy (non-hydrogen) atoms. The molecule has 0 radical (unpaired) electrons. The molecule has 0 bridgehead atoms. The van der Waals surface area contributed by atoms with Gasteiger partial charge in [-0.25, -0.2) is 8.78 Å². The SMILES string of the molecule is CCCOc1c(F)c(F)c(CCC(F)(F)OC)c(F)c1F. The lowest BCUT2D eigenvalue weighted by Gasteiger charge is -2.16. The molecule has 120 valence electrons. The Morgan fingerprint density at radius 1 is 0.952 bits per heavy atom. The Hall–Kier alpha value is -1.44. The monoisotopic (exact) mass is 316 g/mol. The minimum atomic E-state index is -3.65. The highest BCUT2D eigenvalue weighted by molar-refractivity contribution is 5.34. The zero-order valence-electron chi connectivity index (χ0n) is 11.4. The van der Waals surface area contributed by atoms with Gasteiger partial charge >= 0.3 is 6.11 Å². The van der Waals surface area contributed by atoms with E-state index >= 15 is 0 Å². The Balaban J connectivity index is 3.12. The Morgan fingerprint density at radius 3 is 1.90 bits per heavy atom. The first kappa shape index (κ1) is 17.6. The van der Waals surface area contributed by atoms with Crippen LogP contribution < -0.4 is 4.74 Å². The Labute approximate surface area is 117 Å². The maximum atomic E-state index is 13.7. The van der Waals surface area contributed by atoms with Gasteiger partial charge in [0.2, 0.25) is 11.6 Å². The average molecular weight is 316 g/mol. The molecule has 2 nitrogen and oxygen atoms in total. The molecule has 1 aromatic carbocycles. The molecule has 0 saturated heterocycles. The van der Waals surface area contributed by atoms with Gasteiger partial charge in [0.1, 0.15) is 0 Å². The number of halogens is 6. The van der Waals surface area contributed by atoms with E-state index in [1.54, 1.807) is 6.92 Å². The van der Waals surface area contributed by atoms with Crippen LogP contribution in [-0.2, 0) is 11.2 Å². The molecule has 0 aliphatic rings. The molecule has 0 aliphatic heterocycles. The third-order valence-electron chi connectivity index (χ3n) is 2.73. The van der Waals surface area contributed by atoms with Crippen molar-refractivity contribution in [2.24, 2.45) is 0 Å². The van der Waals surface area contributed by atoms with E-state index in [-0.39, 0.29) is 6.61 Å². The van der Waals surface area contributed by atoms with Crippen molar-refractivity contribution in [1.29, 1.82) is 0 Å². The van der Waals surface area contributed by atoms with Crippen molar-refractivity contribution < 1.29 is 35.8 Å². The van der Waals surface area contributed by atoms with E-state index in [1.165, 1.54) is 0 Å². The summed E-state index contributed by atoms with van der Waals surface area (Å²) in [4.78, 5) is 0. The van der Waals surface area contributed by atoms with Crippen LogP contribution >= 0.6 is 0 Å². The van der Waals surface area contributed by atoms with Gasteiger partial charge in [-0.15, -0.1) is 0 Å². The second-order valence-corrected chi connectivity index (χ2v) is 4.25. The van der Waals surface area contributed by atoms with Crippen LogP contribution in [0.1, 0.15) is 25.3 Å². The van der Waals surface area contributed by atoms with Crippen molar-refractivity contribution in [3.63, 3.8) is 0 Å². The molecule has 0 amide bonds. The van der Waals surface area contributed by atoms with E-state index in [1.807, 2.05) is 0 Å². The first-order chi connectivity index (χ1) is 9.75. The Bertz CT molecular complexity index is 475. The van der Waals surface area contributed by atoms with Gasteiger partial charge in [-0.1, -0.05) is 6.92 Å². The van der Waals surface area contributed by atoms with Crippen LogP contribution in [0.25, 0.3) is 0 Å². The van der Waals surface area contributed by atoms with Crippen LogP contribution in [0.4, 0.5) is 26.3 Å². The molecule has 0 heterocycles. The van der Waals surface area contributed by atoms with Crippen LogP contribution in [0.2, 0.25) is 0 Å². The summed E-state index contributed by atoms with van der Waals surface area (Å²) in [5.41, 5.74) is -1.11. The lowest BCUT2D eigenvalue weighted by atomic mass is 10.1. The van der Waals surface area contributed by atoms with Gasteiger partial charge in [-0.2, -0.15) is 17.6 Å². The molecule has 0 N–H and O–H groups in total. The number of hydrogen-bond donors (Lipinski definition) is 0. The first-order valence-electron chi connectivity index (χ1n) is 6.15. The maximum Gasteiger partial charge on any atom is 0.355 e. The number of hydrogen-bond acceptors (Lipinski definition) is 2. The molecule has 0 spiro atoms. The summed E-state index contributed by atoms with van der Waals surface area (Å²) in [5.74, 6) is -8.15. The Kier molecular flexibility index (Phi) is 5.88. The van der Waals surface area contributed by atoms with Crippen molar-refractivity contribution in [3.8, 4) is 5.75 Å². The predicted molar refractivity (Wildman–Crippen MR) is 62.3 cm³/mol. The minimum Gasteiger partial charge on any atom is -0.487 e. The summed E-state index contributed by atoms with van der Waals surface area (Å²) in [6.07, 6.45) is -5.33. The van der Waals surface area contributed by atoms with Gasteiger partial charge in [0.15, 0.2) is 17.4 Å². The van der Waals surface area contributed by atoms with Gasteiger partial charge in [0.05, 0.1) is 6.61 Å². The fourth-order valence-electron chi connectivity index (χ4n) is 1.58. The molecule has 0 saturated carbocycles. The van der Waals surface area contributed by atoms with E-state index in [0.717, 1.165) is 0 Å². The lowest BCUT2D eigenvalue weighted by molar-refractivity contribution is -0.224. The summed E-state index contributed by atoms with van der Waals surface area (Å²) in [7, 11) is 0.704. The Morgan fingerprint density at radius 2 is 1.48 bits per heavy atom. The third kappa shape index (κ3) is 4.03. The van der Waals surface area contributed by atoms with Crippen LogP contribution in [0.15, 0.2) is 0 Å². The van der Waals surface area contributed by atoms with Crippen LogP contribution in [0.5, 0.6) is 5.75 Å². The zero-order chi connectivity index (χ0) is 16.2. The van der Waals surface area contributed by atoms with Crippen molar-refractivity contribution in [2.45, 2.75) is 32.3 Å². The fourth-order valence-corrected chi connectivity index (χ4v) is 1.58. The van der Waals surface area contributed by atoms with Crippen LogP contribution in [0.3, 0.4) is 0 Å². The summed E-state index contributed by atoms with van der Waals surface area (Å²) < 4.78 is 88.7. The second-order valence-electron chi connectivity index (χ2n) is 4.25. The molecule has 1 aromatic rings. The summed E-state index contributed by atoms with van der Waals surface area (Å²) in [6, 6.07) is 0. The molecular weight excluding hydrogens is 302 g/mol. The molecule has 8 heteroatoms. The lowest BCUT2D eigenvalue weighted by Crippen LogP contribution is -2.20. The summed E-state index contributed by atoms with van der Waals surface area (Å²) >= 11 is 0. The highest BCUT2D eigenvalue weighted by Gasteiger charge is 2.32. The topological polar surface area (TPSA) is 18.5 Å². The molecular formula is C13H14F6O2. The van der Waals surface area contributed by atoms with Gasteiger partial charge in [-0.3, -0.25) is 0 Å². The van der Waals surface area contributed by atoms with E-state index in [9.17, 15) is 26.3 Å². The van der Waals surface area contributed by atoms with Crippen LogP contribution in [-0.4, -0.2) is 19.8 Å². The molecule has 1 rings (SSSR count). The quantitative estimate of drug-likeness (QED) is 0.554. The highest BCUT2D eigenvalue weighted by atomic mass is 19.3. The summed E-state index contributed by atoms with van der Waals surface area (Å²) in [5, 5.41) is 0. The molecule has 0 aromatic heterocycles. The minimum absolute atomic E-state index is 0.145. The van der Waals surface area contributed by atoms with E-state index < -0.39 is 53.5 Å². The standard InChI is InChI=1S/C13H14F6O2/c1-3-6-21-12-10(16)8(14)7(9(15)11(12)17)4-5-13(18,19)20-2/h3-6H2,1-2H3. The van der Waals surface area contributed by atoms with E-state index in [4.69, 9.17) is 0 Å². The molecule has 0 atom stereocenters. The van der Waals surface area contributed by atoms with Crippen molar-refractivity contribution in [2.75, 3.05) is 13.7 Å². The van der Waals surface area contributed by atoms with Gasteiger partial charge < -0.3 is 9.47 Å². The second kappa shape index (κ2) is 7.02. The smallest absolute Gasteiger partial charge is 0.355 e. The van der Waals surface area contributed by atoms with Crippen molar-refractivity contribution >= 4 is 0 Å². The highest BCUT2D eigenvalue weighted by Crippen LogP contribution is 2.32. The van der Waals surface area contributed by atoms with E-state index in [0.29, 0.717) is 13.5 Å². The maximum absolute atomic E-state index is 13.7. The molecule has 0 unspecified atom stereocenters. The number of rotatable bonds is 7. The van der Waals surface area contributed by atoms with E-state index in [2.05, 4.69) is 9.47 Å². The fraction of sp³-hybridized carbons (Fsp3) is 0.538. The molecule has 0 aliphatic carbocycles. The number of ether oxygens (including phenoxy) is 2. The molecule has 0 fully saturated rings. The third-order valence-corrected chi connectivity index (χ3v) is 2.73. The zero-order valence-corrected chi connectivity index (χ0v) is 11.4.